The number of fused-ring (bicyclic) bond motifs is 8. The lowest BCUT2D eigenvalue weighted by atomic mass is 10.0. The van der Waals surface area contributed by atoms with Crippen LogP contribution in [0.5, 0.6) is 0 Å². The normalized spacial score (nSPS) is 12.3. The Kier molecular flexibility index (Phi) is 22.7. The van der Waals surface area contributed by atoms with Crippen molar-refractivity contribution in [3.8, 4) is 113 Å². The summed E-state index contributed by atoms with van der Waals surface area (Å²) in [7, 11) is 0. The van der Waals surface area contributed by atoms with Crippen LogP contribution in [-0.2, 0) is 0 Å². The van der Waals surface area contributed by atoms with Crippen LogP contribution in [0.1, 0.15) is 0 Å². The minimum absolute atomic E-state index is 0.671. The molecule has 10 nitrogen and oxygen atoms in total. The second-order valence-electron chi connectivity index (χ2n) is 32.5. The van der Waals surface area contributed by atoms with E-state index < -0.39 is 0 Å². The maximum atomic E-state index is 5.29. The van der Waals surface area contributed by atoms with Gasteiger partial charge in [0.2, 0.25) is 0 Å². The topological polar surface area (TPSA) is 90.3 Å². The van der Waals surface area contributed by atoms with Gasteiger partial charge >= 0.3 is 0 Å². The van der Waals surface area contributed by atoms with Gasteiger partial charge in [-0.3, -0.25) is 0 Å². The van der Waals surface area contributed by atoms with E-state index in [1.807, 2.05) is 120 Å². The van der Waals surface area contributed by atoms with Gasteiger partial charge < -0.3 is 19.6 Å². The fraction of sp³-hybridized carbons (Fsp3) is 0. The van der Waals surface area contributed by atoms with Gasteiger partial charge in [-0.2, -0.15) is 0 Å². The average Bonchev–Trinajstić information content (AvgIpc) is 0.775. The molecule has 134 heavy (non-hydrogen) atoms. The molecular formula is C120H80N10S4. The van der Waals surface area contributed by atoms with E-state index in [1.165, 1.54) is 73.0 Å². The van der Waals surface area contributed by atoms with Crippen LogP contribution >= 0.6 is 47.0 Å². The fourth-order valence-electron chi connectivity index (χ4n) is 17.6. The van der Waals surface area contributed by atoms with Crippen LogP contribution in [0.3, 0.4) is 0 Å². The van der Waals surface area contributed by atoms with Crippen LogP contribution in [-0.4, -0.2) is 29.9 Å². The zero-order valence-electron chi connectivity index (χ0n) is 72.3. The summed E-state index contributed by atoms with van der Waals surface area (Å²) in [5.74, 6) is 2.09. The van der Waals surface area contributed by atoms with Gasteiger partial charge in [-0.05, 0) is 193 Å². The van der Waals surface area contributed by atoms with Crippen LogP contribution in [0, 0.1) is 0 Å². The standard InChI is InChI=1S/C46H30N4S2.C40H27N3S.C34H23N3S/c1-3-15-31(16-4-1)36-30-37(32-17-5-2-6-18-32)48-46(47-36)33-27-34(49-38-19-7-11-23-42(38)51-43-24-12-8-20-39(43)49)29-35(28-33)50-40-21-9-13-25-44(40)52-45-26-14-10-22-41(45)50;1-3-11-28(12-4-1)29-19-21-31(22-20-29)35-27-34(30-13-5-2-6-14-30)41-40(42-35)32-23-25-33(26-24-32)43-36-15-7-9-17-38(36)44-39-18-10-8-16-37(39)43;1-3-11-24(12-4-1)28-23-29(25-13-5-2-6-14-25)36-34(35-28)26-19-21-27(22-20-26)37-30-15-7-9-17-32(30)38-33-18-10-8-16-31(33)37/h1-30H;1-27H;1-23H. The quantitative estimate of drug-likeness (QED) is 0.103. The van der Waals surface area contributed by atoms with E-state index in [2.05, 4.69) is 432 Å². The lowest BCUT2D eigenvalue weighted by molar-refractivity contribution is 1.14. The van der Waals surface area contributed by atoms with E-state index in [0.29, 0.717) is 17.5 Å². The number of hydrogen-bond donors (Lipinski definition) is 0. The molecule has 7 heterocycles. The molecule has 0 aliphatic carbocycles. The highest BCUT2D eigenvalue weighted by molar-refractivity contribution is 8.00. The molecule has 0 radical (unpaired) electrons. The molecule has 634 valence electrons. The summed E-state index contributed by atoms with van der Waals surface area (Å²) in [6.45, 7) is 0. The number of anilines is 12. The second-order valence-corrected chi connectivity index (χ2v) is 36.8. The zero-order chi connectivity index (χ0) is 89.0. The van der Waals surface area contributed by atoms with Crippen LogP contribution in [0.15, 0.2) is 524 Å². The molecule has 4 aliphatic heterocycles. The first kappa shape index (κ1) is 82.2. The molecule has 0 saturated carbocycles. The zero-order valence-corrected chi connectivity index (χ0v) is 75.6. The molecule has 4 aliphatic rings. The van der Waals surface area contributed by atoms with Gasteiger partial charge in [-0.25, -0.2) is 29.9 Å². The predicted molar refractivity (Wildman–Crippen MR) is 556 cm³/mol. The number of aromatic nitrogens is 6. The van der Waals surface area contributed by atoms with E-state index in [1.54, 1.807) is 0 Å². The molecule has 3 aromatic heterocycles. The Balaban J connectivity index is 0.000000115. The van der Waals surface area contributed by atoms with Gasteiger partial charge in [0.15, 0.2) is 17.5 Å². The molecule has 25 rings (SSSR count). The first-order valence-corrected chi connectivity index (χ1v) is 47.8. The first-order valence-electron chi connectivity index (χ1n) is 44.5. The number of para-hydroxylation sites is 8. The van der Waals surface area contributed by atoms with Crippen LogP contribution < -0.4 is 19.6 Å². The third-order valence-corrected chi connectivity index (χ3v) is 28.5. The highest BCUT2D eigenvalue weighted by atomic mass is 32.2. The van der Waals surface area contributed by atoms with Gasteiger partial charge in [0.1, 0.15) is 0 Å². The Bertz CT molecular complexity index is 7470. The van der Waals surface area contributed by atoms with Gasteiger partial charge in [0, 0.05) is 112 Å². The third kappa shape index (κ3) is 16.8. The Morgan fingerprint density at radius 1 is 0.127 bits per heavy atom. The molecule has 0 bridgehead atoms. The fourth-order valence-corrected chi connectivity index (χ4v) is 21.8. The average molecular weight is 1790 g/mol. The number of benzene rings is 18. The molecule has 0 N–H and O–H groups in total. The summed E-state index contributed by atoms with van der Waals surface area (Å²) >= 11 is 7.27. The second kappa shape index (κ2) is 37.0. The summed E-state index contributed by atoms with van der Waals surface area (Å²) in [6, 6.07) is 170. The summed E-state index contributed by atoms with van der Waals surface area (Å²) in [4.78, 5) is 50.0. The van der Waals surface area contributed by atoms with Crippen molar-refractivity contribution in [2.45, 2.75) is 39.2 Å². The van der Waals surface area contributed by atoms with Crippen LogP contribution in [0.2, 0.25) is 0 Å². The van der Waals surface area contributed by atoms with Gasteiger partial charge in [0.05, 0.1) is 79.7 Å². The van der Waals surface area contributed by atoms with Crippen molar-refractivity contribution in [3.63, 3.8) is 0 Å². The molecule has 0 amide bonds. The first-order chi connectivity index (χ1) is 66.4. The SMILES string of the molecule is c1ccc(-c2cc(-c3ccccc3)nc(-c3cc(N4c5ccccc5Sc5ccccc54)cc(N4c5ccccc5Sc5ccccc54)c3)n2)cc1.c1ccc(-c2cc(-c3ccccc3)nc(-c3ccc(N4c5ccccc5Sc5ccccc54)cc3)n2)cc1.c1ccc(-c2ccc(-c3cc(-c4ccccc4)nc(-c4ccc(N5c6ccccc6Sc6ccccc65)cc4)n3)cc2)cc1. The Morgan fingerprint density at radius 3 is 0.537 bits per heavy atom. The van der Waals surface area contributed by atoms with Crippen molar-refractivity contribution in [1.29, 1.82) is 0 Å². The summed E-state index contributed by atoms with van der Waals surface area (Å²) in [5.41, 5.74) is 30.6. The maximum absolute atomic E-state index is 5.29. The maximum Gasteiger partial charge on any atom is 0.160 e. The van der Waals surface area contributed by atoms with Crippen LogP contribution in [0.25, 0.3) is 113 Å². The minimum atomic E-state index is 0.671. The molecule has 0 atom stereocenters. The van der Waals surface area contributed by atoms with E-state index in [-0.39, 0.29) is 0 Å². The molecule has 0 saturated heterocycles. The van der Waals surface area contributed by atoms with E-state index >= 15 is 0 Å². The van der Waals surface area contributed by atoms with Crippen LogP contribution in [0.4, 0.5) is 68.2 Å². The summed E-state index contributed by atoms with van der Waals surface area (Å²) in [6.07, 6.45) is 0. The van der Waals surface area contributed by atoms with Crippen molar-refractivity contribution in [1.82, 2.24) is 29.9 Å². The van der Waals surface area contributed by atoms with E-state index in [0.717, 1.165) is 130 Å². The molecule has 0 spiro atoms. The largest absolute Gasteiger partial charge is 0.308 e. The van der Waals surface area contributed by atoms with Gasteiger partial charge in [-0.1, -0.05) is 350 Å². The Hall–Kier alpha value is -16.2. The number of nitrogens with zero attached hydrogens (tertiary/aromatic N) is 10. The van der Waals surface area contributed by atoms with Crippen molar-refractivity contribution in [2.24, 2.45) is 0 Å². The van der Waals surface area contributed by atoms with Crippen molar-refractivity contribution >= 4 is 115 Å². The van der Waals surface area contributed by atoms with E-state index in [9.17, 15) is 0 Å². The summed E-state index contributed by atoms with van der Waals surface area (Å²) in [5, 5.41) is 0. The number of hydrogen-bond acceptors (Lipinski definition) is 14. The highest BCUT2D eigenvalue weighted by Gasteiger charge is 2.32. The smallest absolute Gasteiger partial charge is 0.160 e. The molecular weight excluding hydrogens is 1710 g/mol. The Labute approximate surface area is 795 Å². The lowest BCUT2D eigenvalue weighted by Crippen LogP contribution is -2.18. The molecule has 14 heteroatoms. The summed E-state index contributed by atoms with van der Waals surface area (Å²) < 4.78 is 0. The highest BCUT2D eigenvalue weighted by Crippen LogP contribution is 2.58. The predicted octanol–water partition coefficient (Wildman–Crippen LogP) is 33.8. The third-order valence-electron chi connectivity index (χ3n) is 24.0. The monoisotopic (exact) mass is 1790 g/mol. The molecule has 21 aromatic rings. The number of rotatable bonds is 14. The van der Waals surface area contributed by atoms with Crippen molar-refractivity contribution < 1.29 is 0 Å². The minimum Gasteiger partial charge on any atom is -0.308 e. The lowest BCUT2D eigenvalue weighted by Gasteiger charge is -2.36. The van der Waals surface area contributed by atoms with Crippen molar-refractivity contribution in [3.05, 3.63) is 485 Å². The molecule has 0 fully saturated rings. The van der Waals surface area contributed by atoms with Gasteiger partial charge in [0.25, 0.3) is 0 Å². The Morgan fingerprint density at radius 2 is 0.299 bits per heavy atom. The van der Waals surface area contributed by atoms with E-state index in [4.69, 9.17) is 29.9 Å². The molecule has 0 unspecified atom stereocenters. The van der Waals surface area contributed by atoms with Gasteiger partial charge in [-0.15, -0.1) is 0 Å². The molecule has 18 aromatic carbocycles. The van der Waals surface area contributed by atoms with Crippen molar-refractivity contribution in [2.75, 3.05) is 19.6 Å².